The molecule has 0 saturated carbocycles. The zero-order chi connectivity index (χ0) is 16.9. The molecule has 6 heteroatoms. The Hall–Kier alpha value is -2.63. The molecular weight excluding hydrogens is 306 g/mol. The minimum Gasteiger partial charge on any atom is -0.355 e. The Labute approximate surface area is 140 Å². The van der Waals surface area contributed by atoms with Gasteiger partial charge in [0.05, 0.1) is 6.54 Å². The van der Waals surface area contributed by atoms with Crippen LogP contribution in [0.3, 0.4) is 0 Å². The van der Waals surface area contributed by atoms with E-state index in [1.807, 2.05) is 35.2 Å². The Bertz CT molecular complexity index is 711. The van der Waals surface area contributed by atoms with Gasteiger partial charge >= 0.3 is 0 Å². The molecule has 0 aliphatic carbocycles. The summed E-state index contributed by atoms with van der Waals surface area (Å²) in [4.78, 5) is 26.1. The summed E-state index contributed by atoms with van der Waals surface area (Å²) in [6, 6.07) is 11.0. The molecule has 0 bridgehead atoms. The highest BCUT2D eigenvalue weighted by molar-refractivity contribution is 5.95. The second-order valence-corrected chi connectivity index (χ2v) is 6.21. The first kappa shape index (κ1) is 16.2. The molecule has 2 heterocycles. The minimum atomic E-state index is -0.403. The summed E-state index contributed by atoms with van der Waals surface area (Å²) < 4.78 is 5.20. The lowest BCUT2D eigenvalue weighted by atomic mass is 10.0. The van der Waals surface area contributed by atoms with Crippen LogP contribution >= 0.6 is 0 Å². The SMILES string of the molecule is C[C@H]1CCCN(C(=O)CNC(=O)c2cc(-c3ccccc3)on2)C1. The van der Waals surface area contributed by atoms with Crippen LogP contribution in [0.1, 0.15) is 30.3 Å². The van der Waals surface area contributed by atoms with Gasteiger partial charge in [0.15, 0.2) is 11.5 Å². The van der Waals surface area contributed by atoms with Crippen molar-refractivity contribution in [3.63, 3.8) is 0 Å². The van der Waals surface area contributed by atoms with Crippen molar-refractivity contribution in [2.75, 3.05) is 19.6 Å². The van der Waals surface area contributed by atoms with Gasteiger partial charge in [0.25, 0.3) is 5.91 Å². The van der Waals surface area contributed by atoms with Crippen LogP contribution in [0.5, 0.6) is 0 Å². The van der Waals surface area contributed by atoms with E-state index in [4.69, 9.17) is 4.52 Å². The average Bonchev–Trinajstić information content (AvgIpc) is 3.10. The van der Waals surface area contributed by atoms with Gasteiger partial charge < -0.3 is 14.7 Å². The number of piperidine rings is 1. The van der Waals surface area contributed by atoms with Gasteiger partial charge in [-0.05, 0) is 18.8 Å². The summed E-state index contributed by atoms with van der Waals surface area (Å²) in [5.41, 5.74) is 1.02. The average molecular weight is 327 g/mol. The van der Waals surface area contributed by atoms with Crippen LogP contribution in [0.2, 0.25) is 0 Å². The third kappa shape index (κ3) is 3.82. The first-order valence-corrected chi connectivity index (χ1v) is 8.21. The Kier molecular flexibility index (Phi) is 4.93. The second-order valence-electron chi connectivity index (χ2n) is 6.21. The Morgan fingerprint density at radius 2 is 2.12 bits per heavy atom. The van der Waals surface area contributed by atoms with Crippen molar-refractivity contribution in [3.05, 3.63) is 42.1 Å². The zero-order valence-corrected chi connectivity index (χ0v) is 13.7. The van der Waals surface area contributed by atoms with E-state index in [1.54, 1.807) is 6.07 Å². The molecule has 126 valence electrons. The molecule has 2 aromatic rings. The maximum absolute atomic E-state index is 12.2. The third-order valence-electron chi connectivity index (χ3n) is 4.21. The van der Waals surface area contributed by atoms with Crippen molar-refractivity contribution in [1.82, 2.24) is 15.4 Å². The molecule has 1 N–H and O–H groups in total. The molecule has 2 amide bonds. The highest BCUT2D eigenvalue weighted by Gasteiger charge is 2.22. The first-order chi connectivity index (χ1) is 11.6. The summed E-state index contributed by atoms with van der Waals surface area (Å²) in [7, 11) is 0. The van der Waals surface area contributed by atoms with Crippen LogP contribution in [0.4, 0.5) is 0 Å². The Balaban J connectivity index is 1.56. The fourth-order valence-electron chi connectivity index (χ4n) is 2.89. The molecule has 1 atom stereocenters. The van der Waals surface area contributed by atoms with Crippen LogP contribution < -0.4 is 5.32 Å². The molecule has 0 spiro atoms. The van der Waals surface area contributed by atoms with Crippen LogP contribution in [0.25, 0.3) is 11.3 Å². The van der Waals surface area contributed by atoms with E-state index in [0.717, 1.165) is 31.5 Å². The van der Waals surface area contributed by atoms with E-state index in [2.05, 4.69) is 17.4 Å². The first-order valence-electron chi connectivity index (χ1n) is 8.21. The normalized spacial score (nSPS) is 17.5. The van der Waals surface area contributed by atoms with E-state index >= 15 is 0 Å². The molecule has 1 aromatic heterocycles. The van der Waals surface area contributed by atoms with Gasteiger partial charge in [-0.2, -0.15) is 0 Å². The molecule has 0 unspecified atom stereocenters. The van der Waals surface area contributed by atoms with E-state index < -0.39 is 5.91 Å². The van der Waals surface area contributed by atoms with Crippen molar-refractivity contribution in [2.45, 2.75) is 19.8 Å². The maximum atomic E-state index is 12.2. The van der Waals surface area contributed by atoms with Gasteiger partial charge in [-0.25, -0.2) is 0 Å². The topological polar surface area (TPSA) is 75.4 Å². The number of carbonyl (C=O) groups is 2. The minimum absolute atomic E-state index is 0.0148. The van der Waals surface area contributed by atoms with E-state index in [-0.39, 0.29) is 18.1 Å². The molecule has 24 heavy (non-hydrogen) atoms. The summed E-state index contributed by atoms with van der Waals surface area (Å²) in [5, 5.41) is 6.41. The van der Waals surface area contributed by atoms with Crippen LogP contribution in [0.15, 0.2) is 40.9 Å². The van der Waals surface area contributed by atoms with E-state index in [1.165, 1.54) is 0 Å². The fourth-order valence-corrected chi connectivity index (χ4v) is 2.89. The monoisotopic (exact) mass is 327 g/mol. The lowest BCUT2D eigenvalue weighted by Gasteiger charge is -2.30. The summed E-state index contributed by atoms with van der Waals surface area (Å²) in [5.74, 6) is 0.584. The van der Waals surface area contributed by atoms with Crippen LogP contribution in [0, 0.1) is 5.92 Å². The standard InChI is InChI=1S/C18H21N3O3/c1-13-6-5-9-21(12-13)17(22)11-19-18(23)15-10-16(24-20-15)14-7-3-2-4-8-14/h2-4,7-8,10,13H,5-6,9,11-12H2,1H3,(H,19,23)/t13-/m0/s1. The van der Waals surface area contributed by atoms with Crippen molar-refractivity contribution in [1.29, 1.82) is 0 Å². The number of nitrogens with zero attached hydrogens (tertiary/aromatic N) is 2. The number of aromatic nitrogens is 1. The number of likely N-dealkylation sites (tertiary alicyclic amines) is 1. The summed E-state index contributed by atoms with van der Waals surface area (Å²) >= 11 is 0. The molecule has 3 rings (SSSR count). The van der Waals surface area contributed by atoms with E-state index in [0.29, 0.717) is 11.7 Å². The lowest BCUT2D eigenvalue weighted by molar-refractivity contribution is -0.131. The number of rotatable bonds is 4. The summed E-state index contributed by atoms with van der Waals surface area (Å²) in [6.45, 7) is 3.65. The predicted octanol–water partition coefficient (Wildman–Crippen LogP) is 2.33. The van der Waals surface area contributed by atoms with Gasteiger partial charge in [-0.3, -0.25) is 9.59 Å². The smallest absolute Gasteiger partial charge is 0.273 e. The van der Waals surface area contributed by atoms with Crippen LogP contribution in [-0.2, 0) is 4.79 Å². The lowest BCUT2D eigenvalue weighted by Crippen LogP contribution is -2.44. The zero-order valence-electron chi connectivity index (χ0n) is 13.7. The molecule has 1 aliphatic rings. The Morgan fingerprint density at radius 1 is 1.33 bits per heavy atom. The van der Waals surface area contributed by atoms with Gasteiger partial charge in [0.1, 0.15) is 0 Å². The highest BCUT2D eigenvalue weighted by Crippen LogP contribution is 2.19. The third-order valence-corrected chi connectivity index (χ3v) is 4.21. The van der Waals surface area contributed by atoms with Gasteiger partial charge in [0, 0.05) is 24.7 Å². The predicted molar refractivity (Wildman–Crippen MR) is 89.3 cm³/mol. The van der Waals surface area contributed by atoms with Crippen molar-refractivity contribution < 1.29 is 14.1 Å². The molecular formula is C18H21N3O3. The largest absolute Gasteiger partial charge is 0.355 e. The van der Waals surface area contributed by atoms with Crippen molar-refractivity contribution >= 4 is 11.8 Å². The molecule has 1 saturated heterocycles. The fraction of sp³-hybridized carbons (Fsp3) is 0.389. The Morgan fingerprint density at radius 3 is 2.88 bits per heavy atom. The molecule has 6 nitrogen and oxygen atoms in total. The number of nitrogens with one attached hydrogen (secondary N) is 1. The molecule has 1 aliphatic heterocycles. The number of benzene rings is 1. The van der Waals surface area contributed by atoms with Crippen molar-refractivity contribution in [2.24, 2.45) is 5.92 Å². The number of hydrogen-bond acceptors (Lipinski definition) is 4. The number of hydrogen-bond donors (Lipinski definition) is 1. The summed E-state index contributed by atoms with van der Waals surface area (Å²) in [6.07, 6.45) is 2.17. The second kappa shape index (κ2) is 7.29. The molecule has 1 fully saturated rings. The quantitative estimate of drug-likeness (QED) is 0.935. The molecule has 1 aromatic carbocycles. The van der Waals surface area contributed by atoms with Crippen LogP contribution in [-0.4, -0.2) is 41.5 Å². The van der Waals surface area contributed by atoms with Gasteiger partial charge in [-0.15, -0.1) is 0 Å². The maximum Gasteiger partial charge on any atom is 0.273 e. The van der Waals surface area contributed by atoms with Gasteiger partial charge in [0.2, 0.25) is 5.91 Å². The van der Waals surface area contributed by atoms with Crippen molar-refractivity contribution in [3.8, 4) is 11.3 Å². The van der Waals surface area contributed by atoms with Gasteiger partial charge in [-0.1, -0.05) is 42.4 Å². The molecule has 0 radical (unpaired) electrons. The van der Waals surface area contributed by atoms with E-state index in [9.17, 15) is 9.59 Å². The highest BCUT2D eigenvalue weighted by atomic mass is 16.5. The number of carbonyl (C=O) groups excluding carboxylic acids is 2. The number of amides is 2.